The zero-order valence-corrected chi connectivity index (χ0v) is 13.5. The predicted octanol–water partition coefficient (Wildman–Crippen LogP) is 2.54. The normalized spacial score (nSPS) is 17.4. The van der Waals surface area contributed by atoms with Crippen molar-refractivity contribution in [3.8, 4) is 0 Å². The van der Waals surface area contributed by atoms with E-state index in [9.17, 15) is 9.59 Å². The second kappa shape index (κ2) is 6.96. The minimum atomic E-state index is -0.190. The summed E-state index contributed by atoms with van der Waals surface area (Å²) in [4.78, 5) is 32.8. The fourth-order valence-corrected chi connectivity index (χ4v) is 2.90. The summed E-state index contributed by atoms with van der Waals surface area (Å²) < 4.78 is 0. The first-order valence-corrected chi connectivity index (χ1v) is 8.09. The van der Waals surface area contributed by atoms with Crippen molar-refractivity contribution in [2.45, 2.75) is 12.8 Å². The lowest BCUT2D eigenvalue weighted by atomic mass is 10.2. The first kappa shape index (κ1) is 15.7. The first-order valence-electron chi connectivity index (χ1n) is 7.71. The van der Waals surface area contributed by atoms with Crippen LogP contribution >= 0.6 is 11.6 Å². The molecule has 1 aromatic heterocycles. The molecule has 0 spiro atoms. The number of nitrogens with zero attached hydrogens (tertiary/aromatic N) is 3. The Bertz CT molecular complexity index is 630. The molecule has 0 atom stereocenters. The summed E-state index contributed by atoms with van der Waals surface area (Å²) in [6, 6.07) is 3.05. The lowest BCUT2D eigenvalue weighted by Gasteiger charge is -2.24. The van der Waals surface area contributed by atoms with Crippen LogP contribution in [-0.2, 0) is 0 Å². The van der Waals surface area contributed by atoms with Gasteiger partial charge in [-0.1, -0.05) is 35.9 Å². The molecule has 0 bridgehead atoms. The van der Waals surface area contributed by atoms with Gasteiger partial charge in [0, 0.05) is 31.2 Å². The number of carbonyl (C=O) groups is 2. The third-order valence-electron chi connectivity index (χ3n) is 3.92. The van der Waals surface area contributed by atoms with Gasteiger partial charge in [-0.2, -0.15) is 0 Å². The molecule has 0 radical (unpaired) electrons. The maximum atomic E-state index is 12.5. The second-order valence-corrected chi connectivity index (χ2v) is 6.01. The molecule has 2 amide bonds. The molecule has 3 rings (SSSR count). The summed E-state index contributed by atoms with van der Waals surface area (Å²) in [5.74, 6) is -0.381. The molecular weight excluding hydrogens is 314 g/mol. The summed E-state index contributed by atoms with van der Waals surface area (Å²) in [6.07, 6.45) is 9.68. The maximum absolute atomic E-state index is 12.5. The molecule has 23 heavy (non-hydrogen) atoms. The molecule has 120 valence electrons. The summed E-state index contributed by atoms with van der Waals surface area (Å²) in [6.45, 7) is 2.44. The highest BCUT2D eigenvalue weighted by atomic mass is 35.5. The molecule has 0 unspecified atom stereocenters. The number of halogens is 1. The number of hydrogen-bond donors (Lipinski definition) is 0. The molecular formula is C17H18ClN3O2. The van der Waals surface area contributed by atoms with Crippen LogP contribution in [0, 0.1) is 0 Å². The number of carbonyl (C=O) groups excluding carboxylic acids is 2. The van der Waals surface area contributed by atoms with Crippen molar-refractivity contribution in [1.82, 2.24) is 14.8 Å². The van der Waals surface area contributed by atoms with Gasteiger partial charge in [-0.05, 0) is 25.0 Å². The summed E-state index contributed by atoms with van der Waals surface area (Å²) >= 11 is 6.11. The number of amides is 2. The molecule has 2 aliphatic heterocycles. The Morgan fingerprint density at radius 3 is 1.74 bits per heavy atom. The van der Waals surface area contributed by atoms with Crippen LogP contribution in [0.15, 0.2) is 36.4 Å². The Labute approximate surface area is 140 Å². The lowest BCUT2D eigenvalue weighted by molar-refractivity contribution is 0.0758. The van der Waals surface area contributed by atoms with Crippen LogP contribution in [0.1, 0.15) is 33.8 Å². The zero-order chi connectivity index (χ0) is 16.2. The molecule has 6 heteroatoms. The fraction of sp³-hybridized carbons (Fsp3) is 0.353. The smallest absolute Gasteiger partial charge is 0.272 e. The van der Waals surface area contributed by atoms with Crippen LogP contribution in [0.3, 0.4) is 0 Å². The van der Waals surface area contributed by atoms with Crippen molar-refractivity contribution in [2.75, 3.05) is 26.2 Å². The van der Waals surface area contributed by atoms with Gasteiger partial charge in [-0.25, -0.2) is 4.98 Å². The van der Waals surface area contributed by atoms with Gasteiger partial charge in [0.1, 0.15) is 11.4 Å². The minimum Gasteiger partial charge on any atom is -0.333 e. The van der Waals surface area contributed by atoms with Gasteiger partial charge in [0.15, 0.2) is 0 Å². The van der Waals surface area contributed by atoms with Crippen molar-refractivity contribution in [3.05, 3.63) is 52.8 Å². The molecule has 0 N–H and O–H groups in total. The van der Waals surface area contributed by atoms with Crippen molar-refractivity contribution in [1.29, 1.82) is 0 Å². The van der Waals surface area contributed by atoms with Gasteiger partial charge in [-0.15, -0.1) is 0 Å². The van der Waals surface area contributed by atoms with Crippen LogP contribution in [-0.4, -0.2) is 52.8 Å². The lowest BCUT2D eigenvalue weighted by Crippen LogP contribution is -2.36. The number of rotatable bonds is 2. The monoisotopic (exact) mass is 331 g/mol. The van der Waals surface area contributed by atoms with Crippen molar-refractivity contribution < 1.29 is 9.59 Å². The SMILES string of the molecule is O=C(c1cc(Cl)cc(C(=O)N2CC=CCC2)n1)N1CC=CCC1. The molecule has 0 aliphatic carbocycles. The Balaban J connectivity index is 1.83. The van der Waals surface area contributed by atoms with Gasteiger partial charge in [0.05, 0.1) is 0 Å². The quantitative estimate of drug-likeness (QED) is 0.783. The highest BCUT2D eigenvalue weighted by molar-refractivity contribution is 6.31. The van der Waals surface area contributed by atoms with E-state index in [4.69, 9.17) is 11.6 Å². The van der Waals surface area contributed by atoms with Gasteiger partial charge >= 0.3 is 0 Å². The van der Waals surface area contributed by atoms with E-state index in [2.05, 4.69) is 4.98 Å². The highest BCUT2D eigenvalue weighted by Crippen LogP contribution is 2.17. The van der Waals surface area contributed by atoms with E-state index in [1.165, 1.54) is 12.1 Å². The second-order valence-electron chi connectivity index (χ2n) is 5.58. The van der Waals surface area contributed by atoms with E-state index in [0.29, 0.717) is 31.2 Å². The van der Waals surface area contributed by atoms with E-state index in [-0.39, 0.29) is 23.2 Å². The Hall–Kier alpha value is -2.14. The van der Waals surface area contributed by atoms with Crippen LogP contribution < -0.4 is 0 Å². The predicted molar refractivity (Wildman–Crippen MR) is 88.6 cm³/mol. The highest BCUT2D eigenvalue weighted by Gasteiger charge is 2.22. The van der Waals surface area contributed by atoms with Crippen molar-refractivity contribution in [3.63, 3.8) is 0 Å². The zero-order valence-electron chi connectivity index (χ0n) is 12.7. The molecule has 0 aromatic carbocycles. The molecule has 0 fully saturated rings. The largest absolute Gasteiger partial charge is 0.333 e. The molecule has 3 heterocycles. The summed E-state index contributed by atoms with van der Waals surface area (Å²) in [5.41, 5.74) is 0.451. The van der Waals surface area contributed by atoms with Gasteiger partial charge in [0.25, 0.3) is 11.8 Å². The van der Waals surface area contributed by atoms with Crippen LogP contribution in [0.4, 0.5) is 0 Å². The van der Waals surface area contributed by atoms with Crippen LogP contribution in [0.5, 0.6) is 0 Å². The van der Waals surface area contributed by atoms with E-state index in [0.717, 1.165) is 12.8 Å². The average Bonchev–Trinajstić information content (AvgIpc) is 2.61. The molecule has 2 aliphatic rings. The molecule has 1 aromatic rings. The number of aromatic nitrogens is 1. The summed E-state index contributed by atoms with van der Waals surface area (Å²) in [7, 11) is 0. The molecule has 5 nitrogen and oxygen atoms in total. The van der Waals surface area contributed by atoms with Crippen LogP contribution in [0.2, 0.25) is 5.02 Å². The first-order chi connectivity index (χ1) is 11.1. The molecule has 0 saturated heterocycles. The molecule has 0 saturated carbocycles. The third-order valence-corrected chi connectivity index (χ3v) is 4.14. The Morgan fingerprint density at radius 1 is 0.870 bits per heavy atom. The topological polar surface area (TPSA) is 53.5 Å². The fourth-order valence-electron chi connectivity index (χ4n) is 2.69. The van der Waals surface area contributed by atoms with Crippen LogP contribution in [0.25, 0.3) is 0 Å². The average molecular weight is 332 g/mol. The Kier molecular flexibility index (Phi) is 4.76. The van der Waals surface area contributed by atoms with Gasteiger partial charge < -0.3 is 9.80 Å². The van der Waals surface area contributed by atoms with Crippen molar-refractivity contribution in [2.24, 2.45) is 0 Å². The van der Waals surface area contributed by atoms with Gasteiger partial charge in [0.2, 0.25) is 0 Å². The summed E-state index contributed by atoms with van der Waals surface area (Å²) in [5, 5.41) is 0.354. The standard InChI is InChI=1S/C17H18ClN3O2/c18-13-11-14(16(22)20-7-3-1-4-8-20)19-15(12-13)17(23)21-9-5-2-6-10-21/h1-3,5,11-12H,4,6-10H2. The third kappa shape index (κ3) is 3.62. The van der Waals surface area contributed by atoms with E-state index < -0.39 is 0 Å². The van der Waals surface area contributed by atoms with Gasteiger partial charge in [-0.3, -0.25) is 9.59 Å². The van der Waals surface area contributed by atoms with E-state index in [1.807, 2.05) is 24.3 Å². The Morgan fingerprint density at radius 2 is 1.35 bits per heavy atom. The minimum absolute atomic E-state index is 0.190. The van der Waals surface area contributed by atoms with E-state index >= 15 is 0 Å². The van der Waals surface area contributed by atoms with Crippen molar-refractivity contribution >= 4 is 23.4 Å². The van der Waals surface area contributed by atoms with E-state index in [1.54, 1.807) is 9.80 Å². The number of pyridine rings is 1. The maximum Gasteiger partial charge on any atom is 0.272 e. The number of hydrogen-bond acceptors (Lipinski definition) is 3.